The molecule has 6 nitrogen and oxygen atoms in total. The Bertz CT molecular complexity index is 945. The Balaban J connectivity index is 1.65. The lowest BCUT2D eigenvalue weighted by Gasteiger charge is -2.40. The van der Waals surface area contributed by atoms with Crippen molar-refractivity contribution in [2.45, 2.75) is 62.6 Å². The SMILES string of the molecule is Cc1cc([C@@H]2O[C@H](CO)[C@@H](O)[C@H](O)[C@H]2O)cc(Cc2ccc(C3CC3)cc2)c1C#N. The summed E-state index contributed by atoms with van der Waals surface area (Å²) in [5, 5.41) is 49.8. The van der Waals surface area contributed by atoms with Crippen molar-refractivity contribution in [2.24, 2.45) is 0 Å². The molecule has 0 unspecified atom stereocenters. The van der Waals surface area contributed by atoms with E-state index in [-0.39, 0.29) is 0 Å². The van der Waals surface area contributed by atoms with E-state index in [0.29, 0.717) is 23.5 Å². The molecule has 6 heteroatoms. The number of benzene rings is 2. The smallest absolute Gasteiger partial charge is 0.113 e. The summed E-state index contributed by atoms with van der Waals surface area (Å²) in [7, 11) is 0. The van der Waals surface area contributed by atoms with E-state index < -0.39 is 37.1 Å². The van der Waals surface area contributed by atoms with Crippen LogP contribution in [0.2, 0.25) is 0 Å². The fraction of sp³-hybridized carbons (Fsp3) is 0.458. The minimum Gasteiger partial charge on any atom is -0.394 e. The first kappa shape index (κ1) is 21.0. The van der Waals surface area contributed by atoms with Crippen LogP contribution in [-0.4, -0.2) is 51.4 Å². The fourth-order valence-electron chi connectivity index (χ4n) is 4.28. The molecule has 2 fully saturated rings. The zero-order valence-electron chi connectivity index (χ0n) is 16.9. The summed E-state index contributed by atoms with van der Waals surface area (Å²) in [6.07, 6.45) is -3.01. The second-order valence-corrected chi connectivity index (χ2v) is 8.43. The van der Waals surface area contributed by atoms with E-state index in [2.05, 4.69) is 30.3 Å². The molecule has 4 N–H and O–H groups in total. The largest absolute Gasteiger partial charge is 0.394 e. The maximum atomic E-state index is 10.5. The molecule has 1 aliphatic carbocycles. The van der Waals surface area contributed by atoms with E-state index in [1.807, 2.05) is 13.0 Å². The van der Waals surface area contributed by atoms with Gasteiger partial charge in [-0.15, -0.1) is 0 Å². The number of nitriles is 1. The van der Waals surface area contributed by atoms with Gasteiger partial charge < -0.3 is 25.2 Å². The Hall–Kier alpha value is -2.27. The van der Waals surface area contributed by atoms with E-state index in [1.165, 1.54) is 18.4 Å². The summed E-state index contributed by atoms with van der Waals surface area (Å²) < 4.78 is 5.71. The van der Waals surface area contributed by atoms with Crippen LogP contribution in [-0.2, 0) is 11.2 Å². The molecule has 2 aliphatic rings. The van der Waals surface area contributed by atoms with Crippen LogP contribution in [0.15, 0.2) is 36.4 Å². The van der Waals surface area contributed by atoms with E-state index in [9.17, 15) is 25.7 Å². The molecule has 4 rings (SSSR count). The lowest BCUT2D eigenvalue weighted by molar-refractivity contribution is -0.231. The minimum atomic E-state index is -1.43. The quantitative estimate of drug-likeness (QED) is 0.599. The molecule has 30 heavy (non-hydrogen) atoms. The first-order valence-corrected chi connectivity index (χ1v) is 10.4. The van der Waals surface area contributed by atoms with Crippen LogP contribution < -0.4 is 0 Å². The van der Waals surface area contributed by atoms with Gasteiger partial charge in [-0.05, 0) is 59.9 Å². The molecule has 0 aromatic heterocycles. The topological polar surface area (TPSA) is 114 Å². The molecule has 0 radical (unpaired) electrons. The predicted molar refractivity (Wildman–Crippen MR) is 110 cm³/mol. The molecule has 5 atom stereocenters. The average molecular weight is 409 g/mol. The van der Waals surface area contributed by atoms with Crippen molar-refractivity contribution in [1.82, 2.24) is 0 Å². The fourth-order valence-corrected chi connectivity index (χ4v) is 4.28. The highest BCUT2D eigenvalue weighted by atomic mass is 16.5. The van der Waals surface area contributed by atoms with Crippen molar-refractivity contribution in [2.75, 3.05) is 6.61 Å². The summed E-state index contributed by atoms with van der Waals surface area (Å²) in [5.41, 5.74) is 5.18. The maximum Gasteiger partial charge on any atom is 0.113 e. The zero-order valence-corrected chi connectivity index (χ0v) is 16.9. The highest BCUT2D eigenvalue weighted by molar-refractivity contribution is 5.49. The van der Waals surface area contributed by atoms with Gasteiger partial charge in [0, 0.05) is 0 Å². The van der Waals surface area contributed by atoms with Gasteiger partial charge in [0.05, 0.1) is 18.2 Å². The molecule has 1 saturated carbocycles. The molecule has 2 aromatic carbocycles. The van der Waals surface area contributed by atoms with E-state index in [0.717, 1.165) is 16.7 Å². The third-order valence-corrected chi connectivity index (χ3v) is 6.20. The molecular weight excluding hydrogens is 382 g/mol. The van der Waals surface area contributed by atoms with E-state index in [1.54, 1.807) is 6.07 Å². The molecule has 1 heterocycles. The molecular formula is C24H27NO5. The average Bonchev–Trinajstić information content (AvgIpc) is 3.58. The molecule has 0 amide bonds. The van der Waals surface area contributed by atoms with Gasteiger partial charge in [0.15, 0.2) is 0 Å². The number of hydrogen-bond donors (Lipinski definition) is 4. The lowest BCUT2D eigenvalue weighted by atomic mass is 9.87. The van der Waals surface area contributed by atoms with Crippen LogP contribution in [0.3, 0.4) is 0 Å². The van der Waals surface area contributed by atoms with Crippen molar-refractivity contribution in [3.63, 3.8) is 0 Å². The summed E-state index contributed by atoms with van der Waals surface area (Å²) in [6.45, 7) is 1.35. The second kappa shape index (κ2) is 8.46. The van der Waals surface area contributed by atoms with E-state index >= 15 is 0 Å². The number of aryl methyl sites for hydroxylation is 1. The third-order valence-electron chi connectivity index (χ3n) is 6.20. The van der Waals surface area contributed by atoms with Gasteiger partial charge in [0.25, 0.3) is 0 Å². The molecule has 158 valence electrons. The monoisotopic (exact) mass is 409 g/mol. The minimum absolute atomic E-state index is 0.475. The van der Waals surface area contributed by atoms with Crippen LogP contribution in [0.1, 0.15) is 58.2 Å². The van der Waals surface area contributed by atoms with Gasteiger partial charge in [0.2, 0.25) is 0 Å². The van der Waals surface area contributed by atoms with Gasteiger partial charge in [0.1, 0.15) is 30.5 Å². The highest BCUT2D eigenvalue weighted by Crippen LogP contribution is 2.40. The Labute approximate surface area is 176 Å². The number of hydrogen-bond acceptors (Lipinski definition) is 6. The van der Waals surface area contributed by atoms with Crippen molar-refractivity contribution in [1.29, 1.82) is 5.26 Å². The summed E-state index contributed by atoms with van der Waals surface area (Å²) in [6, 6.07) is 14.3. The predicted octanol–water partition coefficient (Wildman–Crippen LogP) is 1.85. The molecule has 0 spiro atoms. The molecule has 1 aliphatic heterocycles. The number of ether oxygens (including phenoxy) is 1. The number of nitrogens with zero attached hydrogens (tertiary/aromatic N) is 1. The Morgan fingerprint density at radius 1 is 1.00 bits per heavy atom. The van der Waals surface area contributed by atoms with Gasteiger partial charge in [-0.1, -0.05) is 36.4 Å². The van der Waals surface area contributed by atoms with Crippen LogP contribution in [0.5, 0.6) is 0 Å². The number of aliphatic hydroxyl groups is 4. The van der Waals surface area contributed by atoms with Gasteiger partial charge in [-0.25, -0.2) is 0 Å². The first-order chi connectivity index (χ1) is 14.4. The van der Waals surface area contributed by atoms with E-state index in [4.69, 9.17) is 4.74 Å². The summed E-state index contributed by atoms with van der Waals surface area (Å²) in [5.74, 6) is 0.686. The molecule has 2 aromatic rings. The Kier molecular flexibility index (Phi) is 5.92. The Morgan fingerprint density at radius 3 is 2.30 bits per heavy atom. The summed E-state index contributed by atoms with van der Waals surface area (Å²) in [4.78, 5) is 0. The van der Waals surface area contributed by atoms with Gasteiger partial charge in [-0.2, -0.15) is 5.26 Å². The van der Waals surface area contributed by atoms with Crippen LogP contribution in [0.25, 0.3) is 0 Å². The second-order valence-electron chi connectivity index (χ2n) is 8.43. The highest BCUT2D eigenvalue weighted by Gasteiger charge is 2.44. The van der Waals surface area contributed by atoms with Gasteiger partial charge in [-0.3, -0.25) is 0 Å². The molecule has 1 saturated heterocycles. The standard InChI is InChI=1S/C24H27NO5/c1-13-8-18(24-23(29)22(28)21(27)20(12-26)30-24)10-17(19(13)11-25)9-14-2-4-15(5-3-14)16-6-7-16/h2-5,8,10,16,20-24,26-29H,6-7,9,12H2,1H3/t20-,21-,22+,23-,24+/m1/s1. The zero-order chi connectivity index (χ0) is 21.4. The Morgan fingerprint density at radius 2 is 1.70 bits per heavy atom. The number of aliphatic hydroxyl groups excluding tert-OH is 4. The van der Waals surface area contributed by atoms with Crippen LogP contribution in [0.4, 0.5) is 0 Å². The van der Waals surface area contributed by atoms with Crippen molar-refractivity contribution >= 4 is 0 Å². The van der Waals surface area contributed by atoms with Crippen LogP contribution in [0, 0.1) is 18.3 Å². The van der Waals surface area contributed by atoms with Crippen molar-refractivity contribution < 1.29 is 25.2 Å². The first-order valence-electron chi connectivity index (χ1n) is 10.4. The third kappa shape index (κ3) is 4.00. The maximum absolute atomic E-state index is 10.5. The number of rotatable bonds is 5. The van der Waals surface area contributed by atoms with Crippen LogP contribution >= 0.6 is 0 Å². The van der Waals surface area contributed by atoms with Crippen molar-refractivity contribution in [3.05, 3.63) is 69.8 Å². The lowest BCUT2D eigenvalue weighted by Crippen LogP contribution is -2.55. The normalized spacial score (nSPS) is 28.9. The van der Waals surface area contributed by atoms with Crippen molar-refractivity contribution in [3.8, 4) is 6.07 Å². The van der Waals surface area contributed by atoms with Gasteiger partial charge >= 0.3 is 0 Å². The summed E-state index contributed by atoms with van der Waals surface area (Å²) >= 11 is 0. The molecule has 0 bridgehead atoms.